The van der Waals surface area contributed by atoms with E-state index in [0.717, 1.165) is 77.0 Å². The molecular formula is C68H128O6. The molecule has 0 radical (unpaired) electrons. The predicted octanol–water partition coefficient (Wildman–Crippen LogP) is 22.6. The summed E-state index contributed by atoms with van der Waals surface area (Å²) in [4.78, 5) is 38.4. The lowest BCUT2D eigenvalue weighted by Gasteiger charge is -2.18. The minimum Gasteiger partial charge on any atom is -0.462 e. The van der Waals surface area contributed by atoms with Crippen LogP contribution < -0.4 is 0 Å². The molecular weight excluding hydrogens is 913 g/mol. The molecule has 1 unspecified atom stereocenters. The van der Waals surface area contributed by atoms with E-state index < -0.39 is 6.10 Å². The highest BCUT2D eigenvalue weighted by atomic mass is 16.6. The van der Waals surface area contributed by atoms with Gasteiger partial charge in [-0.2, -0.15) is 0 Å². The number of hydrogen-bond donors (Lipinski definition) is 0. The van der Waals surface area contributed by atoms with Crippen molar-refractivity contribution < 1.29 is 28.6 Å². The quantitative estimate of drug-likeness (QED) is 0.0261. The van der Waals surface area contributed by atoms with Gasteiger partial charge in [-0.15, -0.1) is 0 Å². The van der Waals surface area contributed by atoms with Gasteiger partial charge in [0, 0.05) is 19.3 Å². The Morgan fingerprint density at radius 1 is 0.270 bits per heavy atom. The molecule has 0 aromatic rings. The molecule has 436 valence electrons. The number of carbonyl (C=O) groups excluding carboxylic acids is 3. The van der Waals surface area contributed by atoms with E-state index in [9.17, 15) is 14.4 Å². The Labute approximate surface area is 462 Å². The Balaban J connectivity index is 4.29. The molecule has 0 fully saturated rings. The van der Waals surface area contributed by atoms with Gasteiger partial charge in [-0.3, -0.25) is 14.4 Å². The summed E-state index contributed by atoms with van der Waals surface area (Å²) in [5, 5.41) is 0. The topological polar surface area (TPSA) is 78.9 Å². The zero-order valence-corrected chi connectivity index (χ0v) is 50.1. The number of esters is 3. The molecule has 6 heteroatoms. The Bertz CT molecular complexity index is 1190. The SMILES string of the molecule is CCCCC/C=C\C/C=C\CCCCCCCC(=O)OCC(COC(=O)CCCCCCCCCCCCCCCCCCCCCCC)OC(=O)CCCCCCCCCCCCCCCCCCCCCC. The van der Waals surface area contributed by atoms with Crippen LogP contribution in [0.2, 0.25) is 0 Å². The Kier molecular flexibility index (Phi) is 61.6. The van der Waals surface area contributed by atoms with Crippen molar-refractivity contribution in [1.29, 1.82) is 0 Å². The summed E-state index contributed by atoms with van der Waals surface area (Å²) >= 11 is 0. The molecule has 0 aliphatic carbocycles. The maximum absolute atomic E-state index is 12.9. The molecule has 0 bridgehead atoms. The molecule has 1 atom stereocenters. The molecule has 6 nitrogen and oxygen atoms in total. The lowest BCUT2D eigenvalue weighted by Crippen LogP contribution is -2.30. The fourth-order valence-electron chi connectivity index (χ4n) is 10.2. The summed E-state index contributed by atoms with van der Waals surface area (Å²) in [5.41, 5.74) is 0. The van der Waals surface area contributed by atoms with E-state index in [4.69, 9.17) is 14.2 Å². The van der Waals surface area contributed by atoms with Gasteiger partial charge in [0.25, 0.3) is 0 Å². The molecule has 74 heavy (non-hydrogen) atoms. The predicted molar refractivity (Wildman–Crippen MR) is 321 cm³/mol. The Morgan fingerprint density at radius 3 is 0.770 bits per heavy atom. The van der Waals surface area contributed by atoms with Crippen molar-refractivity contribution in [2.75, 3.05) is 13.2 Å². The monoisotopic (exact) mass is 1040 g/mol. The standard InChI is InChI=1S/C68H128O6/c1-4-7-10-13-16-19-22-25-28-30-32-34-36-37-40-43-46-49-52-55-58-61-67(70)73-64-65(63-72-66(69)60-57-54-51-48-45-42-39-27-24-21-18-15-12-9-6-3)74-68(71)62-59-56-53-50-47-44-41-38-35-33-31-29-26-23-20-17-14-11-8-5-2/h18,21,27,39,65H,4-17,19-20,22-26,28-38,40-64H2,1-3H3/b21-18-,39-27-. The molecule has 0 heterocycles. The first-order valence-electron chi connectivity index (χ1n) is 33.3. The molecule has 0 saturated carbocycles. The summed E-state index contributed by atoms with van der Waals surface area (Å²) in [6, 6.07) is 0. The highest BCUT2D eigenvalue weighted by molar-refractivity contribution is 5.71. The molecule has 0 rings (SSSR count). The minimum absolute atomic E-state index is 0.0694. The Morgan fingerprint density at radius 2 is 0.486 bits per heavy atom. The molecule has 0 aromatic carbocycles. The maximum atomic E-state index is 12.9. The van der Waals surface area contributed by atoms with E-state index in [2.05, 4.69) is 45.1 Å². The van der Waals surface area contributed by atoms with Crippen LogP contribution in [-0.4, -0.2) is 37.2 Å². The van der Waals surface area contributed by atoms with Crippen LogP contribution in [0.4, 0.5) is 0 Å². The van der Waals surface area contributed by atoms with Gasteiger partial charge in [-0.05, 0) is 51.4 Å². The minimum atomic E-state index is -0.773. The van der Waals surface area contributed by atoms with E-state index in [1.54, 1.807) is 0 Å². The van der Waals surface area contributed by atoms with Gasteiger partial charge < -0.3 is 14.2 Å². The van der Waals surface area contributed by atoms with Gasteiger partial charge in [-0.1, -0.05) is 328 Å². The normalized spacial score (nSPS) is 12.1. The summed E-state index contributed by atoms with van der Waals surface area (Å²) in [6.45, 7) is 6.68. The van der Waals surface area contributed by atoms with Crippen LogP contribution in [0.25, 0.3) is 0 Å². The van der Waals surface area contributed by atoms with Gasteiger partial charge in [-0.25, -0.2) is 0 Å². The van der Waals surface area contributed by atoms with Gasteiger partial charge >= 0.3 is 17.9 Å². The molecule has 0 aromatic heterocycles. The van der Waals surface area contributed by atoms with Crippen molar-refractivity contribution in [2.45, 2.75) is 380 Å². The van der Waals surface area contributed by atoms with Crippen molar-refractivity contribution in [2.24, 2.45) is 0 Å². The van der Waals surface area contributed by atoms with E-state index in [1.165, 1.54) is 257 Å². The van der Waals surface area contributed by atoms with Crippen molar-refractivity contribution >= 4 is 17.9 Å². The molecule has 0 saturated heterocycles. The fourth-order valence-corrected chi connectivity index (χ4v) is 10.2. The van der Waals surface area contributed by atoms with Crippen molar-refractivity contribution in [1.82, 2.24) is 0 Å². The van der Waals surface area contributed by atoms with Crippen LogP contribution >= 0.6 is 0 Å². The second-order valence-electron chi connectivity index (χ2n) is 22.7. The second-order valence-corrected chi connectivity index (χ2v) is 22.7. The lowest BCUT2D eigenvalue weighted by molar-refractivity contribution is -0.167. The molecule has 0 N–H and O–H groups in total. The first-order valence-corrected chi connectivity index (χ1v) is 33.3. The van der Waals surface area contributed by atoms with Gasteiger partial charge in [0.1, 0.15) is 13.2 Å². The summed E-state index contributed by atoms with van der Waals surface area (Å²) in [6.07, 6.45) is 76.2. The molecule has 0 spiro atoms. The number of carbonyl (C=O) groups is 3. The van der Waals surface area contributed by atoms with E-state index in [-0.39, 0.29) is 31.1 Å². The smallest absolute Gasteiger partial charge is 0.306 e. The largest absolute Gasteiger partial charge is 0.462 e. The Hall–Kier alpha value is -2.11. The third-order valence-electron chi connectivity index (χ3n) is 15.2. The van der Waals surface area contributed by atoms with Gasteiger partial charge in [0.2, 0.25) is 0 Å². The van der Waals surface area contributed by atoms with E-state index in [0.29, 0.717) is 19.3 Å². The number of ether oxygens (including phenoxy) is 3. The molecule has 0 aliphatic heterocycles. The molecule has 0 amide bonds. The van der Waals surface area contributed by atoms with Crippen LogP contribution in [0.15, 0.2) is 24.3 Å². The third-order valence-corrected chi connectivity index (χ3v) is 15.2. The fraction of sp³-hybridized carbons (Fsp3) is 0.897. The van der Waals surface area contributed by atoms with E-state index >= 15 is 0 Å². The number of allylic oxidation sites excluding steroid dienone is 4. The van der Waals surface area contributed by atoms with Crippen LogP contribution in [0.1, 0.15) is 374 Å². The van der Waals surface area contributed by atoms with Crippen LogP contribution in [-0.2, 0) is 28.6 Å². The number of hydrogen-bond acceptors (Lipinski definition) is 6. The average Bonchev–Trinajstić information content (AvgIpc) is 3.40. The summed E-state index contributed by atoms with van der Waals surface area (Å²) in [7, 11) is 0. The van der Waals surface area contributed by atoms with Crippen molar-refractivity contribution in [3.8, 4) is 0 Å². The number of rotatable bonds is 62. The average molecular weight is 1040 g/mol. The van der Waals surface area contributed by atoms with E-state index in [1.807, 2.05) is 0 Å². The maximum Gasteiger partial charge on any atom is 0.306 e. The second kappa shape index (κ2) is 63.4. The van der Waals surface area contributed by atoms with Gasteiger partial charge in [0.15, 0.2) is 6.10 Å². The first kappa shape index (κ1) is 71.9. The summed E-state index contributed by atoms with van der Waals surface area (Å²) in [5.74, 6) is -0.853. The first-order chi connectivity index (χ1) is 36.5. The van der Waals surface area contributed by atoms with Crippen LogP contribution in [0, 0.1) is 0 Å². The third kappa shape index (κ3) is 60.8. The molecule has 0 aliphatic rings. The number of unbranched alkanes of at least 4 members (excludes halogenated alkanes) is 47. The zero-order chi connectivity index (χ0) is 53.6. The van der Waals surface area contributed by atoms with Crippen LogP contribution in [0.3, 0.4) is 0 Å². The highest BCUT2D eigenvalue weighted by Gasteiger charge is 2.19. The highest BCUT2D eigenvalue weighted by Crippen LogP contribution is 2.18. The lowest BCUT2D eigenvalue weighted by atomic mass is 10.0. The van der Waals surface area contributed by atoms with Gasteiger partial charge in [0.05, 0.1) is 0 Å². The summed E-state index contributed by atoms with van der Waals surface area (Å²) < 4.78 is 17.0. The van der Waals surface area contributed by atoms with Crippen LogP contribution in [0.5, 0.6) is 0 Å². The van der Waals surface area contributed by atoms with Crippen molar-refractivity contribution in [3.05, 3.63) is 24.3 Å². The zero-order valence-electron chi connectivity index (χ0n) is 50.1. The van der Waals surface area contributed by atoms with Crippen molar-refractivity contribution in [3.63, 3.8) is 0 Å².